The van der Waals surface area contributed by atoms with Crippen molar-refractivity contribution in [2.75, 3.05) is 32.8 Å². The van der Waals surface area contributed by atoms with E-state index in [-0.39, 0.29) is 6.10 Å². The van der Waals surface area contributed by atoms with Crippen LogP contribution in [0.2, 0.25) is 0 Å². The molecule has 0 aliphatic rings. The van der Waals surface area contributed by atoms with E-state index in [4.69, 9.17) is 9.68 Å². The third kappa shape index (κ3) is 9.39. The quantitative estimate of drug-likeness (QED) is 0.378. The maximum absolute atomic E-state index is 5.73. The summed E-state index contributed by atoms with van der Waals surface area (Å²) in [5, 5.41) is 3.57. The smallest absolute Gasteiger partial charge is 0.102 e. The van der Waals surface area contributed by atoms with E-state index in [0.717, 1.165) is 0 Å². The summed E-state index contributed by atoms with van der Waals surface area (Å²) in [6.07, 6.45) is 7.10. The Morgan fingerprint density at radius 2 is 1.26 bits per heavy atom. The van der Waals surface area contributed by atoms with E-state index in [0.29, 0.717) is 32.8 Å². The van der Waals surface area contributed by atoms with Crippen LogP contribution in [0.1, 0.15) is 6.92 Å². The standard InChI is InChI=1S/C15H26N2O2/c1-6-10-16(11-7-2)18-14-15(5)19-17(12-8-3)13-9-4/h6-9,15H,1-4,10-14H2,5H3. The Morgan fingerprint density at radius 3 is 1.68 bits per heavy atom. The maximum atomic E-state index is 5.73. The second kappa shape index (κ2) is 11.9. The van der Waals surface area contributed by atoms with E-state index in [1.165, 1.54) is 0 Å². The summed E-state index contributed by atoms with van der Waals surface area (Å²) in [6.45, 7) is 19.8. The van der Waals surface area contributed by atoms with Crippen molar-refractivity contribution < 1.29 is 9.68 Å². The number of rotatable bonds is 13. The third-order valence-corrected chi connectivity index (χ3v) is 2.15. The van der Waals surface area contributed by atoms with Gasteiger partial charge in [-0.25, -0.2) is 0 Å². The minimum atomic E-state index is -0.0583. The van der Waals surface area contributed by atoms with Gasteiger partial charge in [0.2, 0.25) is 0 Å². The molecule has 0 aromatic heterocycles. The molecule has 0 aromatic carbocycles. The lowest BCUT2D eigenvalue weighted by molar-refractivity contribution is -0.230. The maximum Gasteiger partial charge on any atom is 0.102 e. The lowest BCUT2D eigenvalue weighted by Crippen LogP contribution is -2.34. The van der Waals surface area contributed by atoms with Crippen molar-refractivity contribution in [1.82, 2.24) is 10.1 Å². The summed E-state index contributed by atoms with van der Waals surface area (Å²) in [5.74, 6) is 0. The van der Waals surface area contributed by atoms with Gasteiger partial charge in [-0.3, -0.25) is 9.68 Å². The Balaban J connectivity index is 4.07. The highest BCUT2D eigenvalue weighted by Crippen LogP contribution is 2.01. The molecule has 0 spiro atoms. The van der Waals surface area contributed by atoms with E-state index in [1.807, 2.05) is 6.92 Å². The van der Waals surface area contributed by atoms with Gasteiger partial charge in [-0.2, -0.15) is 10.1 Å². The molecule has 108 valence electrons. The fourth-order valence-corrected chi connectivity index (χ4v) is 1.41. The molecule has 0 heterocycles. The Hall–Kier alpha value is -1.20. The van der Waals surface area contributed by atoms with Crippen molar-refractivity contribution in [2.24, 2.45) is 0 Å². The Labute approximate surface area is 117 Å². The van der Waals surface area contributed by atoms with Crippen molar-refractivity contribution in [2.45, 2.75) is 13.0 Å². The lowest BCUT2D eigenvalue weighted by Gasteiger charge is -2.25. The highest BCUT2D eigenvalue weighted by Gasteiger charge is 2.11. The summed E-state index contributed by atoms with van der Waals surface area (Å²) in [5.41, 5.74) is 0. The van der Waals surface area contributed by atoms with Crippen molar-refractivity contribution >= 4 is 0 Å². The van der Waals surface area contributed by atoms with Crippen LogP contribution in [0.25, 0.3) is 0 Å². The first-order valence-corrected chi connectivity index (χ1v) is 6.41. The second-order valence-corrected chi connectivity index (χ2v) is 4.06. The van der Waals surface area contributed by atoms with Gasteiger partial charge in [-0.15, -0.1) is 26.3 Å². The van der Waals surface area contributed by atoms with Crippen LogP contribution < -0.4 is 0 Å². The first-order chi connectivity index (χ1) is 9.17. The normalized spacial score (nSPS) is 12.4. The fraction of sp³-hybridized carbons (Fsp3) is 0.467. The highest BCUT2D eigenvalue weighted by atomic mass is 16.7. The van der Waals surface area contributed by atoms with Gasteiger partial charge in [-0.05, 0) is 6.92 Å². The van der Waals surface area contributed by atoms with Crippen molar-refractivity contribution in [3.63, 3.8) is 0 Å². The monoisotopic (exact) mass is 266 g/mol. The predicted octanol–water partition coefficient (Wildman–Crippen LogP) is 2.59. The van der Waals surface area contributed by atoms with Gasteiger partial charge in [0, 0.05) is 26.2 Å². The van der Waals surface area contributed by atoms with Gasteiger partial charge in [-0.1, -0.05) is 24.3 Å². The van der Waals surface area contributed by atoms with Crippen LogP contribution in [0.3, 0.4) is 0 Å². The van der Waals surface area contributed by atoms with Crippen LogP contribution >= 0.6 is 0 Å². The van der Waals surface area contributed by atoms with E-state index in [9.17, 15) is 0 Å². The van der Waals surface area contributed by atoms with Gasteiger partial charge in [0.15, 0.2) is 0 Å². The molecule has 0 saturated heterocycles. The van der Waals surface area contributed by atoms with Gasteiger partial charge in [0.25, 0.3) is 0 Å². The van der Waals surface area contributed by atoms with Gasteiger partial charge < -0.3 is 0 Å². The van der Waals surface area contributed by atoms with E-state index < -0.39 is 0 Å². The predicted molar refractivity (Wildman–Crippen MR) is 80.4 cm³/mol. The molecule has 4 heteroatoms. The van der Waals surface area contributed by atoms with E-state index in [1.54, 1.807) is 34.4 Å². The molecule has 19 heavy (non-hydrogen) atoms. The summed E-state index contributed by atoms with van der Waals surface area (Å²) in [7, 11) is 0. The zero-order valence-electron chi connectivity index (χ0n) is 12.0. The lowest BCUT2D eigenvalue weighted by atomic mass is 10.4. The molecule has 0 aliphatic heterocycles. The third-order valence-electron chi connectivity index (χ3n) is 2.15. The van der Waals surface area contributed by atoms with Crippen molar-refractivity contribution in [3.8, 4) is 0 Å². The molecule has 0 amide bonds. The van der Waals surface area contributed by atoms with Crippen LogP contribution in [0, 0.1) is 0 Å². The first-order valence-electron chi connectivity index (χ1n) is 6.41. The van der Waals surface area contributed by atoms with Crippen LogP contribution in [0.15, 0.2) is 50.6 Å². The SMILES string of the molecule is C=CCN(CC=C)OCC(C)ON(CC=C)CC=C. The minimum absolute atomic E-state index is 0.0583. The van der Waals surface area contributed by atoms with E-state index >= 15 is 0 Å². The Morgan fingerprint density at radius 1 is 0.842 bits per heavy atom. The summed E-state index contributed by atoms with van der Waals surface area (Å²) in [4.78, 5) is 11.4. The van der Waals surface area contributed by atoms with Gasteiger partial charge in [0.05, 0.1) is 6.61 Å². The molecular weight excluding hydrogens is 240 g/mol. The summed E-state index contributed by atoms with van der Waals surface area (Å²) in [6, 6.07) is 0. The zero-order chi connectivity index (χ0) is 14.5. The molecule has 4 nitrogen and oxygen atoms in total. The molecule has 0 radical (unpaired) electrons. The first kappa shape index (κ1) is 17.8. The fourth-order valence-electron chi connectivity index (χ4n) is 1.41. The molecular formula is C15H26N2O2. The minimum Gasteiger partial charge on any atom is -0.296 e. The molecule has 0 aromatic rings. The van der Waals surface area contributed by atoms with Crippen LogP contribution in [-0.2, 0) is 9.68 Å². The average Bonchev–Trinajstić information content (AvgIpc) is 2.37. The summed E-state index contributed by atoms with van der Waals surface area (Å²) < 4.78 is 0. The number of nitrogens with zero attached hydrogens (tertiary/aromatic N) is 2. The molecule has 0 bridgehead atoms. The Bertz CT molecular complexity index is 259. The second-order valence-electron chi connectivity index (χ2n) is 4.06. The number of hydroxylamine groups is 4. The van der Waals surface area contributed by atoms with Crippen LogP contribution in [-0.4, -0.2) is 49.0 Å². The average molecular weight is 266 g/mol. The van der Waals surface area contributed by atoms with E-state index in [2.05, 4.69) is 26.3 Å². The number of hydrogen-bond acceptors (Lipinski definition) is 4. The molecule has 1 unspecified atom stereocenters. The molecule has 1 atom stereocenters. The van der Waals surface area contributed by atoms with Gasteiger partial charge >= 0.3 is 0 Å². The van der Waals surface area contributed by atoms with Crippen molar-refractivity contribution in [3.05, 3.63) is 50.6 Å². The summed E-state index contributed by atoms with van der Waals surface area (Å²) >= 11 is 0. The zero-order valence-corrected chi connectivity index (χ0v) is 12.0. The molecule has 0 fully saturated rings. The van der Waals surface area contributed by atoms with Crippen molar-refractivity contribution in [1.29, 1.82) is 0 Å². The molecule has 0 saturated carbocycles. The van der Waals surface area contributed by atoms with Crippen LogP contribution in [0.5, 0.6) is 0 Å². The topological polar surface area (TPSA) is 24.9 Å². The largest absolute Gasteiger partial charge is 0.296 e. The Kier molecular flexibility index (Phi) is 11.1. The number of hydrogen-bond donors (Lipinski definition) is 0. The molecule has 0 rings (SSSR count). The highest BCUT2D eigenvalue weighted by molar-refractivity contribution is 4.77. The molecule has 0 aliphatic carbocycles. The molecule has 0 N–H and O–H groups in total. The van der Waals surface area contributed by atoms with Crippen LogP contribution in [0.4, 0.5) is 0 Å². The van der Waals surface area contributed by atoms with Gasteiger partial charge in [0.1, 0.15) is 6.10 Å².